The van der Waals surface area contributed by atoms with Crippen LogP contribution in [0.5, 0.6) is 0 Å². The summed E-state index contributed by atoms with van der Waals surface area (Å²) >= 11 is 0. The van der Waals surface area contributed by atoms with Crippen LogP contribution in [0.2, 0.25) is 0 Å². The third-order valence-electron chi connectivity index (χ3n) is 5.43. The van der Waals surface area contributed by atoms with E-state index in [2.05, 4.69) is 41.1 Å². The highest BCUT2D eigenvalue weighted by atomic mass is 16.7. The van der Waals surface area contributed by atoms with Crippen LogP contribution in [0, 0.1) is 0 Å². The minimum absolute atomic E-state index is 0.182. The molecule has 2 aromatic carbocycles. The summed E-state index contributed by atoms with van der Waals surface area (Å²) in [6.07, 6.45) is 1.23. The molecule has 2 atom stereocenters. The van der Waals surface area contributed by atoms with Crippen LogP contribution in [0.1, 0.15) is 28.4 Å². The molecule has 0 aromatic heterocycles. The highest BCUT2D eigenvalue weighted by Gasteiger charge is 2.27. The third kappa shape index (κ3) is 5.56. The summed E-state index contributed by atoms with van der Waals surface area (Å²) in [5.74, 6) is -0.321. The van der Waals surface area contributed by atoms with Crippen molar-refractivity contribution in [3.63, 3.8) is 0 Å². The second-order valence-corrected chi connectivity index (χ2v) is 7.32. The summed E-state index contributed by atoms with van der Waals surface area (Å²) in [5, 5.41) is 0. The molecule has 3 rings (SSSR count). The average Bonchev–Trinajstić information content (AvgIpc) is 3.23. The fraction of sp³-hybridized carbons (Fsp3) is 0.435. The summed E-state index contributed by atoms with van der Waals surface area (Å²) in [6, 6.07) is 18.3. The number of ether oxygens (including phenoxy) is 3. The monoisotopic (exact) mass is 398 g/mol. The van der Waals surface area contributed by atoms with E-state index in [-0.39, 0.29) is 18.1 Å². The number of anilines is 1. The van der Waals surface area contributed by atoms with E-state index in [1.54, 1.807) is 7.11 Å². The standard InChI is InChI=1S/C23H30N2O4/c1-24(20-11-9-19(10-12-20)23(26)28-3)22(18-7-5-4-6-8-18)16-25-14-13-21(15-25)29-17-27-2/h4-12,21-22H,13-17H2,1-3H3. The van der Waals surface area contributed by atoms with E-state index in [0.29, 0.717) is 12.4 Å². The van der Waals surface area contributed by atoms with Crippen LogP contribution in [0.4, 0.5) is 5.69 Å². The number of esters is 1. The van der Waals surface area contributed by atoms with Gasteiger partial charge in [-0.1, -0.05) is 30.3 Å². The lowest BCUT2D eigenvalue weighted by Gasteiger charge is -2.33. The molecule has 6 heteroatoms. The van der Waals surface area contributed by atoms with Crippen molar-refractivity contribution < 1.29 is 19.0 Å². The average molecular weight is 399 g/mol. The van der Waals surface area contributed by atoms with E-state index < -0.39 is 0 Å². The lowest BCUT2D eigenvalue weighted by molar-refractivity contribution is -0.0671. The fourth-order valence-electron chi connectivity index (χ4n) is 3.76. The van der Waals surface area contributed by atoms with Crippen molar-refractivity contribution in [1.82, 2.24) is 4.90 Å². The lowest BCUT2D eigenvalue weighted by atomic mass is 10.0. The van der Waals surface area contributed by atoms with Crippen molar-refractivity contribution in [2.75, 3.05) is 52.6 Å². The summed E-state index contributed by atoms with van der Waals surface area (Å²) < 4.78 is 15.6. The predicted molar refractivity (Wildman–Crippen MR) is 113 cm³/mol. The number of carbonyl (C=O) groups is 1. The Labute approximate surface area is 173 Å². The fourth-order valence-corrected chi connectivity index (χ4v) is 3.76. The van der Waals surface area contributed by atoms with Gasteiger partial charge in [-0.25, -0.2) is 4.79 Å². The minimum atomic E-state index is -0.321. The van der Waals surface area contributed by atoms with Gasteiger partial charge in [-0.2, -0.15) is 0 Å². The van der Waals surface area contributed by atoms with Crippen molar-refractivity contribution in [3.05, 3.63) is 65.7 Å². The Kier molecular flexibility index (Phi) is 7.63. The molecule has 0 saturated carbocycles. The van der Waals surface area contributed by atoms with Gasteiger partial charge < -0.3 is 19.1 Å². The zero-order valence-corrected chi connectivity index (χ0v) is 17.4. The molecule has 0 amide bonds. The molecule has 2 unspecified atom stereocenters. The molecule has 1 aliphatic heterocycles. The Balaban J connectivity index is 1.74. The van der Waals surface area contributed by atoms with Crippen molar-refractivity contribution in [2.45, 2.75) is 18.6 Å². The molecule has 0 aliphatic carbocycles. The first kappa shape index (κ1) is 21.3. The number of hydrogen-bond acceptors (Lipinski definition) is 6. The SMILES string of the molecule is COCOC1CCN(CC(c2ccccc2)N(C)c2ccc(C(=O)OC)cc2)C1. The molecule has 2 aromatic rings. The van der Waals surface area contributed by atoms with Crippen molar-refractivity contribution in [3.8, 4) is 0 Å². The van der Waals surface area contributed by atoms with Crippen LogP contribution in [-0.4, -0.2) is 64.7 Å². The maximum absolute atomic E-state index is 11.7. The molecule has 6 nitrogen and oxygen atoms in total. The van der Waals surface area contributed by atoms with Crippen molar-refractivity contribution >= 4 is 11.7 Å². The van der Waals surface area contributed by atoms with E-state index in [0.717, 1.165) is 31.7 Å². The minimum Gasteiger partial charge on any atom is -0.465 e. The van der Waals surface area contributed by atoms with Crippen LogP contribution < -0.4 is 4.90 Å². The van der Waals surface area contributed by atoms with E-state index in [9.17, 15) is 4.79 Å². The quantitative estimate of drug-likeness (QED) is 0.477. The van der Waals surface area contributed by atoms with Crippen LogP contribution >= 0.6 is 0 Å². The molecule has 29 heavy (non-hydrogen) atoms. The van der Waals surface area contributed by atoms with Gasteiger partial charge in [-0.15, -0.1) is 0 Å². The van der Waals surface area contributed by atoms with Gasteiger partial charge in [0, 0.05) is 39.5 Å². The van der Waals surface area contributed by atoms with Crippen LogP contribution in [-0.2, 0) is 14.2 Å². The molecular weight excluding hydrogens is 368 g/mol. The largest absolute Gasteiger partial charge is 0.465 e. The third-order valence-corrected chi connectivity index (χ3v) is 5.43. The van der Waals surface area contributed by atoms with Crippen LogP contribution in [0.25, 0.3) is 0 Å². The molecule has 1 saturated heterocycles. The highest BCUT2D eigenvalue weighted by Crippen LogP contribution is 2.28. The predicted octanol–water partition coefficient (Wildman–Crippen LogP) is 3.35. The Bertz CT molecular complexity index is 766. The van der Waals surface area contributed by atoms with Gasteiger partial charge >= 0.3 is 5.97 Å². The number of benzene rings is 2. The first-order valence-corrected chi connectivity index (χ1v) is 9.91. The Morgan fingerprint density at radius 1 is 1.14 bits per heavy atom. The number of hydrogen-bond donors (Lipinski definition) is 0. The van der Waals surface area contributed by atoms with Crippen LogP contribution in [0.15, 0.2) is 54.6 Å². The van der Waals surface area contributed by atoms with Crippen LogP contribution in [0.3, 0.4) is 0 Å². The van der Waals surface area contributed by atoms with Gasteiger partial charge in [0.25, 0.3) is 0 Å². The van der Waals surface area contributed by atoms with Gasteiger partial charge in [0.05, 0.1) is 24.8 Å². The van der Waals surface area contributed by atoms with Gasteiger partial charge in [-0.05, 0) is 36.2 Å². The highest BCUT2D eigenvalue weighted by molar-refractivity contribution is 5.89. The van der Waals surface area contributed by atoms with Gasteiger partial charge in [0.2, 0.25) is 0 Å². The maximum Gasteiger partial charge on any atom is 0.337 e. The summed E-state index contributed by atoms with van der Waals surface area (Å²) in [6.45, 7) is 3.15. The van der Waals surface area contributed by atoms with Gasteiger partial charge in [0.1, 0.15) is 6.79 Å². The molecule has 1 fully saturated rings. The van der Waals surface area contributed by atoms with E-state index in [1.807, 2.05) is 30.3 Å². The Morgan fingerprint density at radius 2 is 1.86 bits per heavy atom. The zero-order valence-electron chi connectivity index (χ0n) is 17.4. The molecule has 0 spiro atoms. The van der Waals surface area contributed by atoms with Crippen molar-refractivity contribution in [1.29, 1.82) is 0 Å². The molecule has 0 N–H and O–H groups in total. The molecule has 1 aliphatic rings. The number of carbonyl (C=O) groups excluding carboxylic acids is 1. The van der Waals surface area contributed by atoms with E-state index >= 15 is 0 Å². The first-order valence-electron chi connectivity index (χ1n) is 9.91. The molecule has 0 radical (unpaired) electrons. The smallest absolute Gasteiger partial charge is 0.337 e. The second-order valence-electron chi connectivity index (χ2n) is 7.32. The Hall–Kier alpha value is -2.41. The zero-order chi connectivity index (χ0) is 20.6. The normalized spacial score (nSPS) is 17.8. The van der Waals surface area contributed by atoms with Gasteiger partial charge in [0.15, 0.2) is 0 Å². The lowest BCUT2D eigenvalue weighted by Crippen LogP contribution is -2.36. The topological polar surface area (TPSA) is 51.2 Å². The van der Waals surface area contributed by atoms with E-state index in [4.69, 9.17) is 14.2 Å². The molecular formula is C23H30N2O4. The van der Waals surface area contributed by atoms with Gasteiger partial charge in [-0.3, -0.25) is 4.90 Å². The maximum atomic E-state index is 11.7. The van der Waals surface area contributed by atoms with Crippen molar-refractivity contribution in [2.24, 2.45) is 0 Å². The molecule has 0 bridgehead atoms. The summed E-state index contributed by atoms with van der Waals surface area (Å²) in [4.78, 5) is 16.4. The number of likely N-dealkylation sites (N-methyl/N-ethyl adjacent to an activating group) is 1. The number of methoxy groups -OCH3 is 2. The Morgan fingerprint density at radius 3 is 2.52 bits per heavy atom. The first-order chi connectivity index (χ1) is 14.1. The second kappa shape index (κ2) is 10.4. The number of likely N-dealkylation sites (tertiary alicyclic amines) is 1. The number of rotatable bonds is 9. The molecule has 1 heterocycles. The summed E-state index contributed by atoms with van der Waals surface area (Å²) in [7, 11) is 5.14. The molecule has 156 valence electrons. The number of nitrogens with zero attached hydrogens (tertiary/aromatic N) is 2. The summed E-state index contributed by atoms with van der Waals surface area (Å²) in [5.41, 5.74) is 2.87. The van der Waals surface area contributed by atoms with E-state index in [1.165, 1.54) is 12.7 Å².